The Balaban J connectivity index is 2.37. The molecule has 1 unspecified atom stereocenters. The van der Waals surface area contributed by atoms with Gasteiger partial charge in [-0.05, 0) is 18.9 Å². The average molecular weight is 237 g/mol. The highest BCUT2D eigenvalue weighted by molar-refractivity contribution is 5.77. The van der Waals surface area contributed by atoms with Crippen LogP contribution in [0, 0.1) is 0 Å². The highest BCUT2D eigenvalue weighted by Crippen LogP contribution is 2.38. The first kappa shape index (κ1) is 11.7. The van der Waals surface area contributed by atoms with Gasteiger partial charge in [0, 0.05) is 5.56 Å². The number of nitrogens with two attached hydrogens (primary N) is 1. The third-order valence-electron chi connectivity index (χ3n) is 2.64. The molecular weight excluding hydrogens is 222 g/mol. The Hall–Kier alpha value is -1.75. The first-order valence-electron chi connectivity index (χ1n) is 5.45. The van der Waals surface area contributed by atoms with Crippen LogP contribution in [0.3, 0.4) is 0 Å². The van der Waals surface area contributed by atoms with Gasteiger partial charge in [0.05, 0.1) is 13.2 Å². The largest absolute Gasteiger partial charge is 0.493 e. The standard InChI is InChI=1S/C12H15NO4/c1-16-9-4-2-3-8(10(13)12(14)15)11(9)17-7-5-6-7/h2-4,7,10H,5-6,13H2,1H3,(H,14,15). The van der Waals surface area contributed by atoms with Crippen molar-refractivity contribution in [2.45, 2.75) is 25.0 Å². The summed E-state index contributed by atoms with van der Waals surface area (Å²) in [5.41, 5.74) is 6.07. The van der Waals surface area contributed by atoms with Crippen LogP contribution in [0.1, 0.15) is 24.4 Å². The highest BCUT2D eigenvalue weighted by atomic mass is 16.5. The van der Waals surface area contributed by atoms with E-state index in [4.69, 9.17) is 20.3 Å². The second-order valence-corrected chi connectivity index (χ2v) is 4.01. The van der Waals surface area contributed by atoms with Gasteiger partial charge >= 0.3 is 5.97 Å². The van der Waals surface area contributed by atoms with Gasteiger partial charge in [-0.15, -0.1) is 0 Å². The van der Waals surface area contributed by atoms with Crippen LogP contribution < -0.4 is 15.2 Å². The number of rotatable bonds is 5. The molecule has 0 amide bonds. The molecule has 0 heterocycles. The van der Waals surface area contributed by atoms with E-state index < -0.39 is 12.0 Å². The summed E-state index contributed by atoms with van der Waals surface area (Å²) in [4.78, 5) is 10.9. The lowest BCUT2D eigenvalue weighted by atomic mass is 10.1. The minimum Gasteiger partial charge on any atom is -0.493 e. The van der Waals surface area contributed by atoms with Crippen molar-refractivity contribution in [3.8, 4) is 11.5 Å². The Kier molecular flexibility index (Phi) is 3.19. The van der Waals surface area contributed by atoms with E-state index >= 15 is 0 Å². The van der Waals surface area contributed by atoms with Gasteiger partial charge < -0.3 is 20.3 Å². The Morgan fingerprint density at radius 2 is 2.24 bits per heavy atom. The lowest BCUT2D eigenvalue weighted by molar-refractivity contribution is -0.138. The van der Waals surface area contributed by atoms with Crippen LogP contribution in [0.4, 0.5) is 0 Å². The zero-order valence-corrected chi connectivity index (χ0v) is 9.55. The zero-order valence-electron chi connectivity index (χ0n) is 9.55. The Morgan fingerprint density at radius 3 is 2.76 bits per heavy atom. The van der Waals surface area contributed by atoms with E-state index in [0.717, 1.165) is 12.8 Å². The molecule has 17 heavy (non-hydrogen) atoms. The van der Waals surface area contributed by atoms with Crippen molar-refractivity contribution in [2.75, 3.05) is 7.11 Å². The Bertz CT molecular complexity index is 429. The van der Waals surface area contributed by atoms with Crippen molar-refractivity contribution < 1.29 is 19.4 Å². The average Bonchev–Trinajstić information content (AvgIpc) is 3.12. The summed E-state index contributed by atoms with van der Waals surface area (Å²) in [6, 6.07) is 3.99. The molecule has 5 heteroatoms. The molecule has 2 rings (SSSR count). The third-order valence-corrected chi connectivity index (χ3v) is 2.64. The monoisotopic (exact) mass is 237 g/mol. The van der Waals surface area contributed by atoms with E-state index in [2.05, 4.69) is 0 Å². The van der Waals surface area contributed by atoms with Crippen molar-refractivity contribution in [3.63, 3.8) is 0 Å². The molecule has 3 N–H and O–H groups in total. The number of carbonyl (C=O) groups is 1. The first-order valence-corrected chi connectivity index (χ1v) is 5.45. The van der Waals surface area contributed by atoms with Crippen LogP contribution in [0.25, 0.3) is 0 Å². The smallest absolute Gasteiger partial charge is 0.325 e. The number of methoxy groups -OCH3 is 1. The number of hydrogen-bond acceptors (Lipinski definition) is 4. The molecule has 1 aromatic rings. The number of carboxylic acids is 1. The number of carboxylic acid groups (broad SMARTS) is 1. The maximum atomic E-state index is 10.9. The summed E-state index contributed by atoms with van der Waals surface area (Å²) in [6.45, 7) is 0. The topological polar surface area (TPSA) is 81.8 Å². The summed E-state index contributed by atoms with van der Waals surface area (Å²) in [5, 5.41) is 8.95. The van der Waals surface area contributed by atoms with Gasteiger partial charge in [-0.1, -0.05) is 12.1 Å². The molecule has 1 atom stereocenters. The summed E-state index contributed by atoms with van der Waals surface area (Å²) in [7, 11) is 1.52. The lowest BCUT2D eigenvalue weighted by Crippen LogP contribution is -2.21. The molecule has 0 radical (unpaired) electrons. The summed E-state index contributed by atoms with van der Waals surface area (Å²) in [6.07, 6.45) is 2.13. The molecule has 0 aromatic heterocycles. The predicted octanol–water partition coefficient (Wildman–Crippen LogP) is 1.32. The van der Waals surface area contributed by atoms with Crippen LogP contribution in [-0.2, 0) is 4.79 Å². The summed E-state index contributed by atoms with van der Waals surface area (Å²) >= 11 is 0. The van der Waals surface area contributed by atoms with Crippen LogP contribution in [0.2, 0.25) is 0 Å². The van der Waals surface area contributed by atoms with E-state index in [0.29, 0.717) is 17.1 Å². The fourth-order valence-corrected chi connectivity index (χ4v) is 1.55. The van der Waals surface area contributed by atoms with E-state index in [1.165, 1.54) is 7.11 Å². The van der Waals surface area contributed by atoms with E-state index in [1.807, 2.05) is 0 Å². The molecule has 0 aliphatic heterocycles. The van der Waals surface area contributed by atoms with Crippen LogP contribution in [-0.4, -0.2) is 24.3 Å². The number of para-hydroxylation sites is 1. The van der Waals surface area contributed by atoms with Crippen molar-refractivity contribution in [1.82, 2.24) is 0 Å². The normalized spacial score (nSPS) is 16.4. The molecule has 0 saturated heterocycles. The SMILES string of the molecule is COc1cccc(C(N)C(=O)O)c1OC1CC1. The number of hydrogen-bond donors (Lipinski definition) is 2. The summed E-state index contributed by atoms with van der Waals surface area (Å²) < 4.78 is 10.9. The van der Waals surface area contributed by atoms with Crippen LogP contribution in [0.15, 0.2) is 18.2 Å². The molecular formula is C12H15NO4. The van der Waals surface area contributed by atoms with E-state index in [1.54, 1.807) is 18.2 Å². The highest BCUT2D eigenvalue weighted by Gasteiger charge is 2.28. The van der Waals surface area contributed by atoms with Gasteiger partial charge in [0.1, 0.15) is 6.04 Å². The molecule has 1 saturated carbocycles. The Morgan fingerprint density at radius 1 is 1.53 bits per heavy atom. The van der Waals surface area contributed by atoms with Crippen LogP contribution >= 0.6 is 0 Å². The van der Waals surface area contributed by atoms with Gasteiger partial charge in [0.2, 0.25) is 0 Å². The molecule has 0 spiro atoms. The van der Waals surface area contributed by atoms with Gasteiger partial charge in [-0.2, -0.15) is 0 Å². The molecule has 1 fully saturated rings. The van der Waals surface area contributed by atoms with Gasteiger partial charge in [-0.25, -0.2) is 0 Å². The van der Waals surface area contributed by atoms with Crippen molar-refractivity contribution in [2.24, 2.45) is 5.73 Å². The maximum Gasteiger partial charge on any atom is 0.325 e. The molecule has 1 aromatic carbocycles. The molecule has 92 valence electrons. The predicted molar refractivity (Wildman–Crippen MR) is 61.2 cm³/mol. The fourth-order valence-electron chi connectivity index (χ4n) is 1.55. The quantitative estimate of drug-likeness (QED) is 0.807. The number of benzene rings is 1. The summed E-state index contributed by atoms with van der Waals surface area (Å²) in [5.74, 6) is -0.114. The number of aliphatic carboxylic acids is 1. The Labute approximate surface area is 99.1 Å². The molecule has 1 aliphatic rings. The lowest BCUT2D eigenvalue weighted by Gasteiger charge is -2.16. The van der Waals surface area contributed by atoms with E-state index in [9.17, 15) is 4.79 Å². The van der Waals surface area contributed by atoms with Gasteiger partial charge in [-0.3, -0.25) is 4.79 Å². The van der Waals surface area contributed by atoms with Crippen LogP contribution in [0.5, 0.6) is 11.5 Å². The zero-order chi connectivity index (χ0) is 12.4. The third kappa shape index (κ3) is 2.50. The van der Waals surface area contributed by atoms with Gasteiger partial charge in [0.25, 0.3) is 0 Å². The number of ether oxygens (including phenoxy) is 2. The molecule has 0 bridgehead atoms. The minimum atomic E-state index is -1.10. The molecule has 5 nitrogen and oxygen atoms in total. The van der Waals surface area contributed by atoms with E-state index in [-0.39, 0.29) is 6.10 Å². The first-order chi connectivity index (χ1) is 8.13. The van der Waals surface area contributed by atoms with Crippen molar-refractivity contribution in [1.29, 1.82) is 0 Å². The van der Waals surface area contributed by atoms with Gasteiger partial charge in [0.15, 0.2) is 11.5 Å². The minimum absolute atomic E-state index is 0.158. The second-order valence-electron chi connectivity index (χ2n) is 4.01. The maximum absolute atomic E-state index is 10.9. The second kappa shape index (κ2) is 4.63. The van der Waals surface area contributed by atoms with Crippen molar-refractivity contribution >= 4 is 5.97 Å². The van der Waals surface area contributed by atoms with Crippen molar-refractivity contribution in [3.05, 3.63) is 23.8 Å². The molecule has 1 aliphatic carbocycles. The fraction of sp³-hybridized carbons (Fsp3) is 0.417.